The van der Waals surface area contributed by atoms with Gasteiger partial charge < -0.3 is 10.2 Å². The fourth-order valence-electron chi connectivity index (χ4n) is 4.73. The average Bonchev–Trinajstić information content (AvgIpc) is 3.09. The van der Waals surface area contributed by atoms with Crippen LogP contribution in [0.2, 0.25) is 0 Å². The Labute approximate surface area is 172 Å². The van der Waals surface area contributed by atoms with Gasteiger partial charge in [-0.3, -0.25) is 4.79 Å². The molecule has 0 aliphatic carbocycles. The fourth-order valence-corrected chi connectivity index (χ4v) is 4.73. The van der Waals surface area contributed by atoms with E-state index >= 15 is 0 Å². The SMILES string of the molecule is CC[C@@H](c1cccc(F)c1)N1CCC(CCCc2ccc3c(n2)NCCC3)C1=O. The highest BCUT2D eigenvalue weighted by molar-refractivity contribution is 5.81. The number of anilines is 1. The smallest absolute Gasteiger partial charge is 0.226 e. The molecule has 154 valence electrons. The van der Waals surface area contributed by atoms with Crippen molar-refractivity contribution < 1.29 is 9.18 Å². The summed E-state index contributed by atoms with van der Waals surface area (Å²) in [4.78, 5) is 19.7. The van der Waals surface area contributed by atoms with Gasteiger partial charge in [-0.25, -0.2) is 9.37 Å². The van der Waals surface area contributed by atoms with Crippen LogP contribution >= 0.6 is 0 Å². The number of pyridine rings is 1. The zero-order valence-corrected chi connectivity index (χ0v) is 17.2. The van der Waals surface area contributed by atoms with Crippen LogP contribution in [0.3, 0.4) is 0 Å². The molecule has 0 radical (unpaired) electrons. The Hall–Kier alpha value is -2.43. The summed E-state index contributed by atoms with van der Waals surface area (Å²) in [6.07, 6.45) is 6.72. The molecule has 0 saturated carbocycles. The maximum Gasteiger partial charge on any atom is 0.226 e. The largest absolute Gasteiger partial charge is 0.370 e. The highest BCUT2D eigenvalue weighted by Gasteiger charge is 2.35. The molecule has 5 heteroatoms. The number of hydrogen-bond acceptors (Lipinski definition) is 3. The summed E-state index contributed by atoms with van der Waals surface area (Å²) in [7, 11) is 0. The Morgan fingerprint density at radius 1 is 1.31 bits per heavy atom. The molecule has 0 bridgehead atoms. The molecule has 2 aromatic rings. The van der Waals surface area contributed by atoms with E-state index in [0.29, 0.717) is 0 Å². The summed E-state index contributed by atoms with van der Waals surface area (Å²) < 4.78 is 13.6. The van der Waals surface area contributed by atoms with Gasteiger partial charge in [-0.15, -0.1) is 0 Å². The third-order valence-electron chi connectivity index (χ3n) is 6.28. The molecule has 2 aliphatic rings. The first-order valence-electron chi connectivity index (χ1n) is 10.9. The molecule has 1 unspecified atom stereocenters. The van der Waals surface area contributed by atoms with Gasteiger partial charge in [0.2, 0.25) is 5.91 Å². The third-order valence-corrected chi connectivity index (χ3v) is 6.28. The van der Waals surface area contributed by atoms with Crippen LogP contribution in [-0.2, 0) is 17.6 Å². The summed E-state index contributed by atoms with van der Waals surface area (Å²) in [6.45, 7) is 3.82. The molecule has 4 rings (SSSR count). The maximum atomic E-state index is 13.6. The van der Waals surface area contributed by atoms with Gasteiger partial charge in [0.15, 0.2) is 0 Å². The molecule has 1 aromatic heterocycles. The number of nitrogens with zero attached hydrogens (tertiary/aromatic N) is 2. The molecule has 1 aromatic carbocycles. The summed E-state index contributed by atoms with van der Waals surface area (Å²) in [6, 6.07) is 11.0. The van der Waals surface area contributed by atoms with E-state index in [0.717, 1.165) is 68.7 Å². The number of fused-ring (bicyclic) bond motifs is 1. The molecule has 1 fully saturated rings. The van der Waals surface area contributed by atoms with Gasteiger partial charge in [-0.1, -0.05) is 25.1 Å². The van der Waals surface area contributed by atoms with E-state index in [-0.39, 0.29) is 23.7 Å². The summed E-state index contributed by atoms with van der Waals surface area (Å²) in [5, 5.41) is 3.39. The third kappa shape index (κ3) is 4.44. The molecular weight excluding hydrogens is 365 g/mol. The monoisotopic (exact) mass is 395 g/mol. The maximum absolute atomic E-state index is 13.6. The number of hydrogen-bond donors (Lipinski definition) is 1. The molecule has 1 saturated heterocycles. The zero-order chi connectivity index (χ0) is 20.2. The number of carbonyl (C=O) groups is 1. The van der Waals surface area contributed by atoms with Crippen molar-refractivity contribution in [3.63, 3.8) is 0 Å². The lowest BCUT2D eigenvalue weighted by atomic mass is 9.98. The summed E-state index contributed by atoms with van der Waals surface area (Å²) in [5.74, 6) is 1.10. The first kappa shape index (κ1) is 19.9. The van der Waals surface area contributed by atoms with E-state index in [1.165, 1.54) is 18.1 Å². The second-order valence-electron chi connectivity index (χ2n) is 8.23. The van der Waals surface area contributed by atoms with E-state index in [4.69, 9.17) is 4.98 Å². The van der Waals surface area contributed by atoms with Crippen LogP contribution in [0, 0.1) is 11.7 Å². The topological polar surface area (TPSA) is 45.2 Å². The Kier molecular flexibility index (Phi) is 6.12. The van der Waals surface area contributed by atoms with Crippen molar-refractivity contribution in [2.45, 2.75) is 57.9 Å². The highest BCUT2D eigenvalue weighted by atomic mass is 19.1. The highest BCUT2D eigenvalue weighted by Crippen LogP contribution is 2.33. The summed E-state index contributed by atoms with van der Waals surface area (Å²) in [5.41, 5.74) is 3.31. The number of rotatable bonds is 7. The van der Waals surface area contributed by atoms with Gasteiger partial charge in [-0.05, 0) is 74.3 Å². The second kappa shape index (κ2) is 8.93. The van der Waals surface area contributed by atoms with Crippen LogP contribution in [-0.4, -0.2) is 28.9 Å². The number of aryl methyl sites for hydroxylation is 2. The van der Waals surface area contributed by atoms with E-state index in [2.05, 4.69) is 24.4 Å². The lowest BCUT2D eigenvalue weighted by molar-refractivity contribution is -0.133. The van der Waals surface area contributed by atoms with Crippen molar-refractivity contribution in [1.29, 1.82) is 0 Å². The normalized spacial score (nSPS) is 19.7. The van der Waals surface area contributed by atoms with Crippen LogP contribution in [0.5, 0.6) is 0 Å². The number of carbonyl (C=O) groups excluding carboxylic acids is 1. The van der Waals surface area contributed by atoms with E-state index in [1.54, 1.807) is 12.1 Å². The lowest BCUT2D eigenvalue weighted by Gasteiger charge is -2.28. The van der Waals surface area contributed by atoms with Crippen molar-refractivity contribution >= 4 is 11.7 Å². The Balaban J connectivity index is 1.33. The Morgan fingerprint density at radius 3 is 3.03 bits per heavy atom. The van der Waals surface area contributed by atoms with Crippen LogP contribution in [0.4, 0.5) is 10.2 Å². The predicted molar refractivity (Wildman–Crippen MR) is 113 cm³/mol. The molecule has 3 heterocycles. The number of likely N-dealkylation sites (tertiary alicyclic amines) is 1. The first-order chi connectivity index (χ1) is 14.2. The molecule has 29 heavy (non-hydrogen) atoms. The number of nitrogens with one attached hydrogen (secondary N) is 1. The molecule has 4 nitrogen and oxygen atoms in total. The van der Waals surface area contributed by atoms with Crippen LogP contribution in [0.1, 0.15) is 61.9 Å². The molecule has 2 aliphatic heterocycles. The zero-order valence-electron chi connectivity index (χ0n) is 17.2. The van der Waals surface area contributed by atoms with Crippen LogP contribution in [0.25, 0.3) is 0 Å². The summed E-state index contributed by atoms with van der Waals surface area (Å²) >= 11 is 0. The van der Waals surface area contributed by atoms with Crippen molar-refractivity contribution in [2.24, 2.45) is 5.92 Å². The lowest BCUT2D eigenvalue weighted by Crippen LogP contribution is -2.31. The van der Waals surface area contributed by atoms with Gasteiger partial charge in [0.1, 0.15) is 11.6 Å². The van der Waals surface area contributed by atoms with Crippen molar-refractivity contribution in [2.75, 3.05) is 18.4 Å². The first-order valence-corrected chi connectivity index (χ1v) is 10.9. The van der Waals surface area contributed by atoms with Gasteiger partial charge in [-0.2, -0.15) is 0 Å². The standard InChI is InChI=1S/C24H30FN3O/c1-2-22(19-7-3-9-20(25)16-19)28-15-13-18(24(28)29)6-4-10-21-12-11-17-8-5-14-26-23(17)27-21/h3,7,9,11-12,16,18,22H,2,4-6,8,10,13-15H2,1H3,(H,26,27)/t18?,22-/m0/s1. The molecule has 0 spiro atoms. The van der Waals surface area contributed by atoms with E-state index in [9.17, 15) is 9.18 Å². The van der Waals surface area contributed by atoms with E-state index < -0.39 is 0 Å². The van der Waals surface area contributed by atoms with Gasteiger partial charge in [0.25, 0.3) is 0 Å². The van der Waals surface area contributed by atoms with Crippen molar-refractivity contribution in [3.8, 4) is 0 Å². The predicted octanol–water partition coefficient (Wildman–Crippen LogP) is 4.90. The van der Waals surface area contributed by atoms with Gasteiger partial charge in [0, 0.05) is 24.7 Å². The molecule has 2 atom stereocenters. The minimum absolute atomic E-state index is 0.0309. The average molecular weight is 396 g/mol. The van der Waals surface area contributed by atoms with Crippen LogP contribution in [0.15, 0.2) is 36.4 Å². The fraction of sp³-hybridized carbons (Fsp3) is 0.500. The van der Waals surface area contributed by atoms with Gasteiger partial charge in [0.05, 0.1) is 6.04 Å². The quantitative estimate of drug-likeness (QED) is 0.725. The van der Waals surface area contributed by atoms with Gasteiger partial charge >= 0.3 is 0 Å². The molecular formula is C24H30FN3O. The Bertz CT molecular complexity index is 869. The molecule has 1 N–H and O–H groups in total. The number of aromatic nitrogens is 1. The van der Waals surface area contributed by atoms with Crippen molar-refractivity contribution in [3.05, 3.63) is 59.0 Å². The van der Waals surface area contributed by atoms with E-state index in [1.807, 2.05) is 11.0 Å². The Morgan fingerprint density at radius 2 is 2.21 bits per heavy atom. The molecule has 1 amide bonds. The minimum Gasteiger partial charge on any atom is -0.370 e. The minimum atomic E-state index is -0.240. The second-order valence-corrected chi connectivity index (χ2v) is 8.23. The van der Waals surface area contributed by atoms with Crippen LogP contribution < -0.4 is 5.32 Å². The van der Waals surface area contributed by atoms with Crippen molar-refractivity contribution in [1.82, 2.24) is 9.88 Å². The number of halogens is 1. The number of benzene rings is 1. The number of amides is 1.